The van der Waals surface area contributed by atoms with Crippen LogP contribution in [0.5, 0.6) is 0 Å². The standard InChI is InChI=1S/C25H26ClN7O/c1-15-12-16(2)31-25(30-15)33-24(32-23(34)19-6-4-5-7-21(19)27-3)28-11-10-17-14-29-22-9-8-18(26)13-20(17)22/h4-9,12-14,27,29H,10-11H2,1-3H3,(H2,28,30,31,32,33,34). The number of carbonyl (C=O) groups excluding carboxylic acids is 1. The van der Waals surface area contributed by atoms with Crippen molar-refractivity contribution in [3.8, 4) is 0 Å². The summed E-state index contributed by atoms with van der Waals surface area (Å²) in [5.41, 5.74) is 4.97. The molecule has 4 N–H and O–H groups in total. The molecule has 0 saturated heterocycles. The largest absolute Gasteiger partial charge is 0.387 e. The minimum absolute atomic E-state index is 0.277. The number of aliphatic imine (C=N–C) groups is 1. The number of anilines is 2. The number of guanidine groups is 1. The molecule has 0 aliphatic heterocycles. The fourth-order valence-corrected chi connectivity index (χ4v) is 3.89. The van der Waals surface area contributed by atoms with Crippen molar-refractivity contribution < 1.29 is 4.79 Å². The van der Waals surface area contributed by atoms with E-state index in [0.29, 0.717) is 29.5 Å². The first-order valence-corrected chi connectivity index (χ1v) is 11.3. The zero-order chi connectivity index (χ0) is 24.1. The molecule has 0 aliphatic carbocycles. The lowest BCUT2D eigenvalue weighted by Crippen LogP contribution is -2.37. The number of nitrogens with one attached hydrogen (secondary N) is 4. The number of H-pyrrole nitrogens is 1. The van der Waals surface area contributed by atoms with Crippen molar-refractivity contribution in [3.63, 3.8) is 0 Å². The van der Waals surface area contributed by atoms with Gasteiger partial charge >= 0.3 is 0 Å². The molecule has 4 aromatic rings. The summed E-state index contributed by atoms with van der Waals surface area (Å²) >= 11 is 6.17. The van der Waals surface area contributed by atoms with Crippen LogP contribution in [-0.4, -0.2) is 40.4 Å². The molecule has 0 saturated carbocycles. The Balaban J connectivity index is 1.57. The summed E-state index contributed by atoms with van der Waals surface area (Å²) in [7, 11) is 1.77. The SMILES string of the molecule is CNc1ccccc1C(=O)NC(=NCCc1c[nH]c2ccc(Cl)cc12)Nc1nc(C)cc(C)n1. The number of aromatic nitrogens is 3. The molecule has 0 fully saturated rings. The number of hydrogen-bond donors (Lipinski definition) is 4. The predicted octanol–water partition coefficient (Wildman–Crippen LogP) is 4.71. The third kappa shape index (κ3) is 5.52. The average Bonchev–Trinajstić information content (AvgIpc) is 3.20. The Morgan fingerprint density at radius 2 is 1.85 bits per heavy atom. The molecular weight excluding hydrogens is 450 g/mol. The third-order valence-corrected chi connectivity index (χ3v) is 5.50. The van der Waals surface area contributed by atoms with Crippen LogP contribution in [0, 0.1) is 13.8 Å². The van der Waals surface area contributed by atoms with E-state index in [9.17, 15) is 4.79 Å². The second-order valence-corrected chi connectivity index (χ2v) is 8.27. The van der Waals surface area contributed by atoms with Gasteiger partial charge in [0.15, 0.2) is 0 Å². The van der Waals surface area contributed by atoms with E-state index in [4.69, 9.17) is 11.6 Å². The fraction of sp³-hybridized carbons (Fsp3) is 0.200. The summed E-state index contributed by atoms with van der Waals surface area (Å²) in [6.07, 6.45) is 2.61. The number of aryl methyl sites for hydroxylation is 2. The van der Waals surface area contributed by atoms with Gasteiger partial charge in [0.2, 0.25) is 11.9 Å². The Labute approximate surface area is 202 Å². The van der Waals surface area contributed by atoms with Crippen LogP contribution in [-0.2, 0) is 6.42 Å². The molecule has 34 heavy (non-hydrogen) atoms. The van der Waals surface area contributed by atoms with E-state index >= 15 is 0 Å². The van der Waals surface area contributed by atoms with Gasteiger partial charge in [-0.05, 0) is 62.2 Å². The highest BCUT2D eigenvalue weighted by Crippen LogP contribution is 2.22. The van der Waals surface area contributed by atoms with Crippen molar-refractivity contribution in [3.05, 3.63) is 82.3 Å². The zero-order valence-electron chi connectivity index (χ0n) is 19.2. The van der Waals surface area contributed by atoms with E-state index in [1.807, 2.05) is 62.5 Å². The van der Waals surface area contributed by atoms with Gasteiger partial charge in [-0.1, -0.05) is 23.7 Å². The highest BCUT2D eigenvalue weighted by atomic mass is 35.5. The Morgan fingerprint density at radius 3 is 2.62 bits per heavy atom. The number of fused-ring (bicyclic) bond motifs is 1. The first-order valence-electron chi connectivity index (χ1n) is 10.9. The van der Waals surface area contributed by atoms with Crippen LogP contribution in [0.2, 0.25) is 5.02 Å². The summed E-state index contributed by atoms with van der Waals surface area (Å²) in [6.45, 7) is 4.21. The van der Waals surface area contributed by atoms with Crippen LogP contribution in [0.3, 0.4) is 0 Å². The Morgan fingerprint density at radius 1 is 1.09 bits per heavy atom. The second-order valence-electron chi connectivity index (χ2n) is 7.83. The number of amides is 1. The lowest BCUT2D eigenvalue weighted by atomic mass is 10.1. The van der Waals surface area contributed by atoms with Gasteiger partial charge < -0.3 is 10.3 Å². The van der Waals surface area contributed by atoms with Crippen molar-refractivity contribution in [2.45, 2.75) is 20.3 Å². The topological polar surface area (TPSA) is 107 Å². The van der Waals surface area contributed by atoms with Gasteiger partial charge in [-0.3, -0.25) is 20.4 Å². The molecule has 2 heterocycles. The number of carbonyl (C=O) groups is 1. The number of halogens is 1. The van der Waals surface area contributed by atoms with Crippen LogP contribution in [0.15, 0.2) is 59.7 Å². The van der Waals surface area contributed by atoms with Crippen LogP contribution < -0.4 is 16.0 Å². The lowest BCUT2D eigenvalue weighted by Gasteiger charge is -2.13. The van der Waals surface area contributed by atoms with Crippen LogP contribution >= 0.6 is 11.6 Å². The number of rotatable bonds is 6. The monoisotopic (exact) mass is 475 g/mol. The van der Waals surface area contributed by atoms with Gasteiger partial charge in [-0.25, -0.2) is 9.97 Å². The maximum absolute atomic E-state index is 13.0. The summed E-state index contributed by atoms with van der Waals surface area (Å²) < 4.78 is 0. The van der Waals surface area contributed by atoms with Crippen LogP contribution in [0.1, 0.15) is 27.3 Å². The third-order valence-electron chi connectivity index (χ3n) is 5.27. The number of aromatic amines is 1. The van der Waals surface area contributed by atoms with Crippen LogP contribution in [0.4, 0.5) is 11.6 Å². The number of para-hydroxylation sites is 1. The first kappa shape index (κ1) is 23.3. The Bertz CT molecular complexity index is 1340. The van der Waals surface area contributed by atoms with E-state index in [1.165, 1.54) is 0 Å². The van der Waals surface area contributed by atoms with E-state index in [2.05, 4.69) is 35.9 Å². The molecule has 0 aliphatic rings. The Hall–Kier alpha value is -3.91. The van der Waals surface area contributed by atoms with Gasteiger partial charge in [0.05, 0.1) is 5.56 Å². The summed E-state index contributed by atoms with van der Waals surface area (Å²) in [4.78, 5) is 29.7. The van der Waals surface area contributed by atoms with Crippen molar-refractivity contribution in [1.29, 1.82) is 0 Å². The van der Waals surface area contributed by atoms with Gasteiger partial charge in [-0.2, -0.15) is 0 Å². The summed E-state index contributed by atoms with van der Waals surface area (Å²) in [5.74, 6) is 0.357. The second kappa shape index (κ2) is 10.4. The molecule has 2 aromatic carbocycles. The number of nitrogens with zero attached hydrogens (tertiary/aromatic N) is 3. The molecule has 0 bridgehead atoms. The van der Waals surface area contributed by atoms with Crippen molar-refractivity contribution >= 4 is 46.0 Å². The normalized spacial score (nSPS) is 11.5. The first-order chi connectivity index (χ1) is 16.4. The van der Waals surface area contributed by atoms with Gasteiger partial charge in [-0.15, -0.1) is 0 Å². The molecule has 4 rings (SSSR count). The van der Waals surface area contributed by atoms with Crippen molar-refractivity contribution in [1.82, 2.24) is 20.3 Å². The summed E-state index contributed by atoms with van der Waals surface area (Å²) in [5, 5.41) is 10.7. The minimum Gasteiger partial charge on any atom is -0.387 e. The van der Waals surface area contributed by atoms with E-state index < -0.39 is 0 Å². The molecule has 9 heteroatoms. The smallest absolute Gasteiger partial charge is 0.260 e. The molecule has 8 nitrogen and oxygen atoms in total. The molecule has 0 unspecified atom stereocenters. The molecular formula is C25H26ClN7O. The molecule has 2 aromatic heterocycles. The van der Waals surface area contributed by atoms with Crippen molar-refractivity contribution in [2.24, 2.45) is 4.99 Å². The van der Waals surface area contributed by atoms with E-state index in [1.54, 1.807) is 13.1 Å². The molecule has 174 valence electrons. The van der Waals surface area contributed by atoms with Gasteiger partial charge in [0, 0.05) is 52.8 Å². The molecule has 0 radical (unpaired) electrons. The summed E-state index contributed by atoms with van der Waals surface area (Å²) in [6, 6.07) is 14.9. The maximum atomic E-state index is 13.0. The molecule has 0 atom stereocenters. The van der Waals surface area contributed by atoms with E-state index in [0.717, 1.165) is 33.5 Å². The highest BCUT2D eigenvalue weighted by Gasteiger charge is 2.14. The Kier molecular flexibility index (Phi) is 7.08. The maximum Gasteiger partial charge on any atom is 0.260 e. The predicted molar refractivity (Wildman–Crippen MR) is 138 cm³/mol. The number of hydrogen-bond acceptors (Lipinski definition) is 5. The zero-order valence-corrected chi connectivity index (χ0v) is 20.0. The van der Waals surface area contributed by atoms with Gasteiger partial charge in [0.25, 0.3) is 5.91 Å². The highest BCUT2D eigenvalue weighted by molar-refractivity contribution is 6.31. The number of benzene rings is 2. The van der Waals surface area contributed by atoms with E-state index in [-0.39, 0.29) is 11.9 Å². The minimum atomic E-state index is -0.292. The fourth-order valence-electron chi connectivity index (χ4n) is 3.72. The quantitative estimate of drug-likeness (QED) is 0.238. The molecule has 1 amide bonds. The average molecular weight is 476 g/mol. The van der Waals surface area contributed by atoms with Crippen LogP contribution in [0.25, 0.3) is 10.9 Å². The van der Waals surface area contributed by atoms with Crippen molar-refractivity contribution in [2.75, 3.05) is 24.2 Å². The molecule has 0 spiro atoms. The van der Waals surface area contributed by atoms with Gasteiger partial charge in [0.1, 0.15) is 0 Å². The lowest BCUT2D eigenvalue weighted by molar-refractivity contribution is 0.0977.